The Hall–Kier alpha value is -1.13. The summed E-state index contributed by atoms with van der Waals surface area (Å²) in [5.74, 6) is 0.972. The number of benzene rings is 1. The molecule has 1 aromatic carbocycles. The molecule has 100 valence electrons. The molecule has 1 N–H and O–H groups in total. The second kappa shape index (κ2) is 4.76. The van der Waals surface area contributed by atoms with Crippen LogP contribution in [0.2, 0.25) is 0 Å². The second-order valence-electron chi connectivity index (χ2n) is 5.30. The monoisotopic (exact) mass is 320 g/mol. The lowest BCUT2D eigenvalue weighted by Gasteiger charge is -2.47. The van der Waals surface area contributed by atoms with Crippen LogP contribution in [0.15, 0.2) is 34.9 Å². The van der Waals surface area contributed by atoms with Crippen molar-refractivity contribution in [1.82, 2.24) is 4.98 Å². The van der Waals surface area contributed by atoms with E-state index < -0.39 is 5.60 Å². The van der Waals surface area contributed by atoms with Gasteiger partial charge < -0.3 is 10.0 Å². The normalized spacial score (nSPS) is 17.5. The molecule has 1 saturated heterocycles. The molecule has 3 rings (SSSR count). The van der Waals surface area contributed by atoms with Crippen molar-refractivity contribution in [3.8, 4) is 0 Å². The molecule has 0 bridgehead atoms. The van der Waals surface area contributed by atoms with Crippen molar-refractivity contribution in [3.05, 3.63) is 34.9 Å². The molecule has 4 heteroatoms. The highest BCUT2D eigenvalue weighted by Gasteiger charge is 2.41. The number of fused-ring (bicyclic) bond motifs is 1. The van der Waals surface area contributed by atoms with Crippen LogP contribution < -0.4 is 4.90 Å². The zero-order chi connectivity index (χ0) is 13.5. The first-order valence-electron chi connectivity index (χ1n) is 6.63. The van der Waals surface area contributed by atoms with E-state index >= 15 is 0 Å². The molecule has 0 radical (unpaired) electrons. The molecule has 3 nitrogen and oxygen atoms in total. The van der Waals surface area contributed by atoms with Crippen LogP contribution in [0.3, 0.4) is 0 Å². The number of nitrogens with zero attached hydrogens (tertiary/aromatic N) is 2. The molecule has 2 aromatic rings. The molecular weight excluding hydrogens is 304 g/mol. The van der Waals surface area contributed by atoms with Crippen molar-refractivity contribution < 1.29 is 5.11 Å². The minimum absolute atomic E-state index is 0.523. The summed E-state index contributed by atoms with van der Waals surface area (Å²) in [5.41, 5.74) is -0.523. The third-order valence-electron chi connectivity index (χ3n) is 3.72. The summed E-state index contributed by atoms with van der Waals surface area (Å²) >= 11 is 3.57. The first kappa shape index (κ1) is 12.9. The van der Waals surface area contributed by atoms with Gasteiger partial charge in [0.2, 0.25) is 0 Å². The highest BCUT2D eigenvalue weighted by molar-refractivity contribution is 9.10. The van der Waals surface area contributed by atoms with Gasteiger partial charge in [0.15, 0.2) is 0 Å². The van der Waals surface area contributed by atoms with E-state index in [0.29, 0.717) is 13.1 Å². The number of hydrogen-bond donors (Lipinski definition) is 1. The molecule has 1 aliphatic rings. The van der Waals surface area contributed by atoms with E-state index in [0.717, 1.165) is 28.5 Å². The number of β-amino-alcohol motifs (C(OH)–C–C–N with tert-alkyl or cyclic N) is 1. The molecule has 0 amide bonds. The largest absolute Gasteiger partial charge is 0.386 e. The van der Waals surface area contributed by atoms with Crippen LogP contribution in [0, 0.1) is 0 Å². The highest BCUT2D eigenvalue weighted by atomic mass is 79.9. The van der Waals surface area contributed by atoms with Gasteiger partial charge in [0.25, 0.3) is 0 Å². The molecule has 2 heterocycles. The van der Waals surface area contributed by atoms with Crippen molar-refractivity contribution in [1.29, 1.82) is 0 Å². The minimum atomic E-state index is -0.523. The van der Waals surface area contributed by atoms with Crippen LogP contribution >= 0.6 is 15.9 Å². The predicted molar refractivity (Wildman–Crippen MR) is 81.5 cm³/mol. The number of pyridine rings is 1. The van der Waals surface area contributed by atoms with E-state index in [9.17, 15) is 5.11 Å². The van der Waals surface area contributed by atoms with E-state index in [1.54, 1.807) is 0 Å². The zero-order valence-corrected chi connectivity index (χ0v) is 12.5. The van der Waals surface area contributed by atoms with Crippen LogP contribution in [0.5, 0.6) is 0 Å². The van der Waals surface area contributed by atoms with Gasteiger partial charge in [-0.2, -0.15) is 0 Å². The van der Waals surface area contributed by atoms with Crippen LogP contribution in [0.4, 0.5) is 5.82 Å². The Kier molecular flexibility index (Phi) is 3.23. The standard InChI is InChI=1S/C15H17BrN2O/c1-2-7-15(19)9-18(10-15)14-12-4-3-5-13(16)11(12)6-8-17-14/h3-6,8,19H,2,7,9-10H2,1H3. The van der Waals surface area contributed by atoms with Crippen LogP contribution in [0.25, 0.3) is 10.8 Å². The number of anilines is 1. The van der Waals surface area contributed by atoms with Gasteiger partial charge in [-0.25, -0.2) is 4.98 Å². The van der Waals surface area contributed by atoms with E-state index in [-0.39, 0.29) is 0 Å². The van der Waals surface area contributed by atoms with E-state index in [1.807, 2.05) is 24.4 Å². The molecule has 0 unspecified atom stereocenters. The molecule has 1 fully saturated rings. The van der Waals surface area contributed by atoms with Crippen LogP contribution in [-0.2, 0) is 0 Å². The van der Waals surface area contributed by atoms with Gasteiger partial charge in [-0.15, -0.1) is 0 Å². The van der Waals surface area contributed by atoms with Crippen molar-refractivity contribution >= 4 is 32.5 Å². The predicted octanol–water partition coefficient (Wildman–Crippen LogP) is 3.35. The number of hydrogen-bond acceptors (Lipinski definition) is 3. The molecule has 0 aliphatic carbocycles. The van der Waals surface area contributed by atoms with Gasteiger partial charge in [0, 0.05) is 34.5 Å². The quantitative estimate of drug-likeness (QED) is 0.942. The van der Waals surface area contributed by atoms with Crippen LogP contribution in [0.1, 0.15) is 19.8 Å². The minimum Gasteiger partial charge on any atom is -0.386 e. The van der Waals surface area contributed by atoms with Crippen molar-refractivity contribution in [2.45, 2.75) is 25.4 Å². The molecule has 0 saturated carbocycles. The first-order valence-corrected chi connectivity index (χ1v) is 7.43. The third-order valence-corrected chi connectivity index (χ3v) is 4.41. The molecule has 1 aromatic heterocycles. The van der Waals surface area contributed by atoms with Gasteiger partial charge >= 0.3 is 0 Å². The summed E-state index contributed by atoms with van der Waals surface area (Å²) < 4.78 is 1.08. The van der Waals surface area contributed by atoms with Crippen molar-refractivity contribution in [3.63, 3.8) is 0 Å². The van der Waals surface area contributed by atoms with E-state index in [2.05, 4.69) is 38.8 Å². The highest BCUT2D eigenvalue weighted by Crippen LogP contribution is 2.35. The number of rotatable bonds is 3. The Bertz CT molecular complexity index is 608. The Labute approximate surface area is 121 Å². The lowest BCUT2D eigenvalue weighted by molar-refractivity contribution is 0.00312. The van der Waals surface area contributed by atoms with Gasteiger partial charge in [0.05, 0.1) is 5.60 Å². The zero-order valence-electron chi connectivity index (χ0n) is 10.9. The summed E-state index contributed by atoms with van der Waals surface area (Å²) in [5, 5.41) is 12.6. The van der Waals surface area contributed by atoms with Crippen LogP contribution in [-0.4, -0.2) is 28.8 Å². The average Bonchev–Trinajstić information content (AvgIpc) is 2.36. The smallest absolute Gasteiger partial charge is 0.136 e. The summed E-state index contributed by atoms with van der Waals surface area (Å²) in [6, 6.07) is 8.16. The molecule has 19 heavy (non-hydrogen) atoms. The summed E-state index contributed by atoms with van der Waals surface area (Å²) in [4.78, 5) is 6.65. The van der Waals surface area contributed by atoms with Gasteiger partial charge in [0.1, 0.15) is 5.82 Å². The van der Waals surface area contributed by atoms with Gasteiger partial charge in [-0.1, -0.05) is 41.4 Å². The fourth-order valence-corrected chi connectivity index (χ4v) is 3.34. The Balaban J connectivity index is 1.93. The topological polar surface area (TPSA) is 36.4 Å². The number of halogens is 1. The van der Waals surface area contributed by atoms with Gasteiger partial charge in [-0.05, 0) is 18.6 Å². The maximum Gasteiger partial charge on any atom is 0.136 e. The molecule has 0 atom stereocenters. The Morgan fingerprint density at radius 3 is 2.84 bits per heavy atom. The second-order valence-corrected chi connectivity index (χ2v) is 6.15. The average molecular weight is 321 g/mol. The number of aliphatic hydroxyl groups is 1. The fourth-order valence-electron chi connectivity index (χ4n) is 2.84. The summed E-state index contributed by atoms with van der Waals surface area (Å²) in [6.45, 7) is 3.47. The number of aromatic nitrogens is 1. The van der Waals surface area contributed by atoms with Crippen molar-refractivity contribution in [2.75, 3.05) is 18.0 Å². The summed E-state index contributed by atoms with van der Waals surface area (Å²) in [7, 11) is 0. The SMILES string of the molecule is CCCC1(O)CN(c2nccc3c(Br)cccc23)C1. The molecular formula is C15H17BrN2O. The van der Waals surface area contributed by atoms with Gasteiger partial charge in [-0.3, -0.25) is 0 Å². The maximum absolute atomic E-state index is 10.3. The maximum atomic E-state index is 10.3. The molecule has 1 aliphatic heterocycles. The Morgan fingerprint density at radius 2 is 2.11 bits per heavy atom. The van der Waals surface area contributed by atoms with E-state index in [4.69, 9.17) is 0 Å². The first-order chi connectivity index (χ1) is 9.13. The Morgan fingerprint density at radius 1 is 1.32 bits per heavy atom. The van der Waals surface area contributed by atoms with E-state index in [1.165, 1.54) is 5.39 Å². The van der Waals surface area contributed by atoms with Crippen molar-refractivity contribution in [2.24, 2.45) is 0 Å². The lowest BCUT2D eigenvalue weighted by Crippen LogP contribution is -2.62. The summed E-state index contributed by atoms with van der Waals surface area (Å²) in [6.07, 6.45) is 3.70. The molecule has 0 spiro atoms. The lowest BCUT2D eigenvalue weighted by atomic mass is 9.89. The fraction of sp³-hybridized carbons (Fsp3) is 0.400. The third kappa shape index (κ3) is 2.23.